The SMILES string of the molecule is COc1cc2c(c(OC)c1OC)-c1ccc(N[C@@H](CC(C)C)C(=O)Nc3ccc4c(c3)OCO4)c(=O)cc1[C@@H](NC(C)=O)CC2. The van der Waals surface area contributed by atoms with Crippen LogP contribution < -0.4 is 45.1 Å². The minimum atomic E-state index is -0.720. The summed E-state index contributed by atoms with van der Waals surface area (Å²) in [6.45, 7) is 5.60. The van der Waals surface area contributed by atoms with Crippen LogP contribution in [0.25, 0.3) is 11.1 Å². The van der Waals surface area contributed by atoms with E-state index in [0.29, 0.717) is 64.8 Å². The van der Waals surface area contributed by atoms with E-state index in [4.69, 9.17) is 23.7 Å². The van der Waals surface area contributed by atoms with Gasteiger partial charge in [-0.2, -0.15) is 0 Å². The molecule has 11 heteroatoms. The number of anilines is 2. The predicted molar refractivity (Wildman–Crippen MR) is 171 cm³/mol. The minimum Gasteiger partial charge on any atom is -0.493 e. The molecule has 11 nitrogen and oxygen atoms in total. The lowest BCUT2D eigenvalue weighted by molar-refractivity contribution is -0.120. The van der Waals surface area contributed by atoms with Crippen LogP contribution in [0.3, 0.4) is 0 Å². The van der Waals surface area contributed by atoms with Gasteiger partial charge in [-0.1, -0.05) is 19.9 Å². The molecule has 3 aromatic carbocycles. The van der Waals surface area contributed by atoms with E-state index in [2.05, 4.69) is 16.0 Å². The molecule has 0 bridgehead atoms. The van der Waals surface area contributed by atoms with Crippen molar-refractivity contribution in [3.05, 3.63) is 63.8 Å². The molecule has 1 aliphatic carbocycles. The van der Waals surface area contributed by atoms with Crippen molar-refractivity contribution in [1.82, 2.24) is 5.32 Å². The number of aryl methyl sites for hydroxylation is 1. The number of hydrogen-bond acceptors (Lipinski definition) is 9. The summed E-state index contributed by atoms with van der Waals surface area (Å²) in [5.74, 6) is 2.21. The number of nitrogens with one attached hydrogen (secondary N) is 3. The van der Waals surface area contributed by atoms with Gasteiger partial charge in [0.1, 0.15) is 6.04 Å². The molecule has 0 fully saturated rings. The molecule has 5 rings (SSSR count). The van der Waals surface area contributed by atoms with Gasteiger partial charge < -0.3 is 39.6 Å². The zero-order valence-corrected chi connectivity index (χ0v) is 26.4. The molecular weight excluding hydrogens is 578 g/mol. The largest absolute Gasteiger partial charge is 0.493 e. The van der Waals surface area contributed by atoms with Crippen molar-refractivity contribution in [2.24, 2.45) is 5.92 Å². The Labute approximate surface area is 262 Å². The van der Waals surface area contributed by atoms with Crippen molar-refractivity contribution in [2.45, 2.75) is 52.1 Å². The van der Waals surface area contributed by atoms with Gasteiger partial charge in [0.2, 0.25) is 29.8 Å². The van der Waals surface area contributed by atoms with E-state index >= 15 is 0 Å². The second-order valence-corrected chi connectivity index (χ2v) is 11.5. The van der Waals surface area contributed by atoms with Crippen LogP contribution in [0.5, 0.6) is 28.7 Å². The molecule has 0 spiro atoms. The highest BCUT2D eigenvalue weighted by molar-refractivity contribution is 5.97. The molecule has 0 aromatic heterocycles. The van der Waals surface area contributed by atoms with Gasteiger partial charge in [0.25, 0.3) is 0 Å². The fraction of sp³-hybridized carbons (Fsp3) is 0.382. The highest BCUT2D eigenvalue weighted by Gasteiger charge is 2.30. The molecule has 0 unspecified atom stereocenters. The average molecular weight is 618 g/mol. The molecule has 0 radical (unpaired) electrons. The summed E-state index contributed by atoms with van der Waals surface area (Å²) < 4.78 is 28.0. The van der Waals surface area contributed by atoms with Crippen molar-refractivity contribution in [2.75, 3.05) is 38.8 Å². The highest BCUT2D eigenvalue weighted by Crippen LogP contribution is 2.50. The van der Waals surface area contributed by atoms with E-state index in [1.807, 2.05) is 26.0 Å². The molecule has 3 aromatic rings. The molecule has 2 atom stereocenters. The third kappa shape index (κ3) is 6.62. The van der Waals surface area contributed by atoms with E-state index in [0.717, 1.165) is 11.1 Å². The Balaban J connectivity index is 1.58. The maximum absolute atomic E-state index is 13.8. The number of amides is 2. The molecular formula is C34H39N3O8. The monoisotopic (exact) mass is 617 g/mol. The zero-order chi connectivity index (χ0) is 32.2. The second-order valence-electron chi connectivity index (χ2n) is 11.5. The molecule has 0 saturated carbocycles. The number of hydrogen-bond donors (Lipinski definition) is 3. The van der Waals surface area contributed by atoms with E-state index in [9.17, 15) is 14.4 Å². The number of methoxy groups -OCH3 is 3. The fourth-order valence-corrected chi connectivity index (χ4v) is 5.92. The topological polar surface area (TPSA) is 133 Å². The normalized spacial score (nSPS) is 15.2. The Morgan fingerprint density at radius 3 is 2.40 bits per heavy atom. The maximum atomic E-state index is 13.8. The first-order valence-corrected chi connectivity index (χ1v) is 14.9. The van der Waals surface area contributed by atoms with Gasteiger partial charge in [0.05, 0.1) is 33.1 Å². The molecule has 1 aliphatic heterocycles. The van der Waals surface area contributed by atoms with Crippen molar-refractivity contribution in [3.8, 4) is 39.9 Å². The van der Waals surface area contributed by atoms with Gasteiger partial charge in [-0.05, 0) is 72.2 Å². The Bertz CT molecular complexity index is 1670. The van der Waals surface area contributed by atoms with Gasteiger partial charge >= 0.3 is 0 Å². The summed E-state index contributed by atoms with van der Waals surface area (Å²) in [5, 5.41) is 9.17. The van der Waals surface area contributed by atoms with Gasteiger partial charge in [-0.3, -0.25) is 14.4 Å². The molecule has 45 heavy (non-hydrogen) atoms. The quantitative estimate of drug-likeness (QED) is 0.286. The van der Waals surface area contributed by atoms with Crippen molar-refractivity contribution in [3.63, 3.8) is 0 Å². The highest BCUT2D eigenvalue weighted by atomic mass is 16.7. The first kappa shape index (κ1) is 31.5. The molecule has 1 heterocycles. The summed E-state index contributed by atoms with van der Waals surface area (Å²) in [4.78, 5) is 39.7. The lowest BCUT2D eigenvalue weighted by Gasteiger charge is -2.21. The zero-order valence-electron chi connectivity index (χ0n) is 26.4. The lowest BCUT2D eigenvalue weighted by atomic mass is 9.95. The van der Waals surface area contributed by atoms with Crippen LogP contribution in [0, 0.1) is 5.92 Å². The number of fused-ring (bicyclic) bond motifs is 4. The Morgan fingerprint density at radius 1 is 0.956 bits per heavy atom. The van der Waals surface area contributed by atoms with E-state index in [-0.39, 0.29) is 35.6 Å². The average Bonchev–Trinajstić information content (AvgIpc) is 3.35. The first-order valence-electron chi connectivity index (χ1n) is 14.9. The van der Waals surface area contributed by atoms with Gasteiger partial charge in [0, 0.05) is 24.2 Å². The van der Waals surface area contributed by atoms with E-state index in [1.54, 1.807) is 38.5 Å². The van der Waals surface area contributed by atoms with Crippen LogP contribution in [0.1, 0.15) is 50.8 Å². The number of rotatable bonds is 10. The second kappa shape index (κ2) is 13.4. The first-order chi connectivity index (χ1) is 21.6. The summed E-state index contributed by atoms with van der Waals surface area (Å²) in [6, 6.07) is 11.0. The van der Waals surface area contributed by atoms with Gasteiger partial charge in [-0.15, -0.1) is 0 Å². The van der Waals surface area contributed by atoms with Gasteiger partial charge in [-0.25, -0.2) is 0 Å². The van der Waals surface area contributed by atoms with E-state index in [1.165, 1.54) is 20.1 Å². The van der Waals surface area contributed by atoms with Crippen LogP contribution in [-0.2, 0) is 16.0 Å². The molecule has 2 amide bonds. The minimum absolute atomic E-state index is 0.130. The number of carbonyl (C=O) groups is 2. The summed E-state index contributed by atoms with van der Waals surface area (Å²) in [6.07, 6.45) is 1.60. The van der Waals surface area contributed by atoms with Crippen LogP contribution in [0.2, 0.25) is 0 Å². The van der Waals surface area contributed by atoms with Crippen LogP contribution >= 0.6 is 0 Å². The lowest BCUT2D eigenvalue weighted by Crippen LogP contribution is -2.37. The Morgan fingerprint density at radius 2 is 1.71 bits per heavy atom. The smallest absolute Gasteiger partial charge is 0.246 e. The molecule has 2 aliphatic rings. The number of carbonyl (C=O) groups excluding carboxylic acids is 2. The van der Waals surface area contributed by atoms with Gasteiger partial charge in [0.15, 0.2) is 23.0 Å². The predicted octanol–water partition coefficient (Wildman–Crippen LogP) is 5.06. The van der Waals surface area contributed by atoms with Crippen molar-refractivity contribution >= 4 is 23.2 Å². The van der Waals surface area contributed by atoms with E-state index < -0.39 is 12.1 Å². The molecule has 0 saturated heterocycles. The van der Waals surface area contributed by atoms with Crippen LogP contribution in [-0.4, -0.2) is 46.0 Å². The van der Waals surface area contributed by atoms with Crippen LogP contribution in [0.15, 0.2) is 47.3 Å². The van der Waals surface area contributed by atoms with Crippen molar-refractivity contribution < 1.29 is 33.3 Å². The summed E-state index contributed by atoms with van der Waals surface area (Å²) in [7, 11) is 4.65. The van der Waals surface area contributed by atoms with Crippen LogP contribution in [0.4, 0.5) is 11.4 Å². The summed E-state index contributed by atoms with van der Waals surface area (Å²) in [5.41, 5.74) is 3.49. The number of ether oxygens (including phenoxy) is 5. The maximum Gasteiger partial charge on any atom is 0.246 e. The number of benzene rings is 2. The third-order valence-corrected chi connectivity index (χ3v) is 7.91. The molecule has 238 valence electrons. The Kier molecular flexibility index (Phi) is 9.36. The third-order valence-electron chi connectivity index (χ3n) is 7.91. The fourth-order valence-electron chi connectivity index (χ4n) is 5.92. The van der Waals surface area contributed by atoms with Crippen molar-refractivity contribution in [1.29, 1.82) is 0 Å². The summed E-state index contributed by atoms with van der Waals surface area (Å²) >= 11 is 0. The Hall–Kier alpha value is -4.93. The molecule has 3 N–H and O–H groups in total. The standard InChI is InChI=1S/C34H39N3O8/c1-18(2)13-26(34(40)36-21-8-12-28-29(15-21)45-17-44-28)37-25-11-9-22-23(16-27(25)39)24(35-19(3)38)10-7-20-14-30(41-4)32(42-5)33(43-6)31(20)22/h8-9,11-12,14-16,18,24,26H,7,10,13,17H2,1-6H3,(H,35,38)(H,36,40)(H,37,39)/t24-,26-/m0/s1.